The SMILES string of the molecule is CCCCCCCCCCCCCCCCCCOP(=O)(O)C(=O)[P+](O)(O)O. The second-order valence-corrected chi connectivity index (χ2v) is 11.1. The second-order valence-electron chi connectivity index (χ2n) is 7.51. The van der Waals surface area contributed by atoms with Gasteiger partial charge in [-0.3, -0.25) is 0 Å². The minimum atomic E-state index is -5.00. The Hall–Kier alpha value is 0.130. The molecule has 9 heteroatoms. The highest BCUT2D eigenvalue weighted by Crippen LogP contribution is 2.62. The Labute approximate surface area is 171 Å². The fraction of sp³-hybridized carbons (Fsp3) is 0.947. The number of hydrogen-bond donors (Lipinski definition) is 4. The molecule has 7 nitrogen and oxygen atoms in total. The molecule has 0 saturated carbocycles. The number of unbranched alkanes of at least 4 members (excludes halogenated alkanes) is 15. The molecule has 0 aliphatic heterocycles. The van der Waals surface area contributed by atoms with Crippen LogP contribution >= 0.6 is 15.5 Å². The summed E-state index contributed by atoms with van der Waals surface area (Å²) in [4.78, 5) is 46.6. The lowest BCUT2D eigenvalue weighted by atomic mass is 10.0. The van der Waals surface area contributed by atoms with E-state index in [1.807, 2.05) is 0 Å². The number of carbonyl (C=O) groups excluding carboxylic acids is 1. The van der Waals surface area contributed by atoms with E-state index in [0.717, 1.165) is 19.3 Å². The molecular weight excluding hydrogens is 402 g/mol. The third-order valence-electron chi connectivity index (χ3n) is 4.76. The average Bonchev–Trinajstić information content (AvgIpc) is 2.62. The molecule has 1 atom stereocenters. The van der Waals surface area contributed by atoms with Crippen molar-refractivity contribution >= 4 is 20.8 Å². The summed E-state index contributed by atoms with van der Waals surface area (Å²) in [6.45, 7) is 2.12. The Balaban J connectivity index is 3.36. The predicted molar refractivity (Wildman–Crippen MR) is 114 cm³/mol. The topological polar surface area (TPSA) is 124 Å². The molecule has 0 radical (unpaired) electrons. The first-order valence-corrected chi connectivity index (χ1v) is 14.0. The van der Waals surface area contributed by atoms with Crippen molar-refractivity contribution < 1.29 is 33.5 Å². The maximum atomic E-state index is 11.5. The van der Waals surface area contributed by atoms with Crippen LogP contribution in [0.1, 0.15) is 110 Å². The van der Waals surface area contributed by atoms with E-state index in [1.165, 1.54) is 77.0 Å². The van der Waals surface area contributed by atoms with E-state index in [1.54, 1.807) is 0 Å². The van der Waals surface area contributed by atoms with Crippen LogP contribution in [0.15, 0.2) is 0 Å². The maximum absolute atomic E-state index is 11.5. The maximum Gasteiger partial charge on any atom is 0.492 e. The van der Waals surface area contributed by atoms with Crippen molar-refractivity contribution in [1.82, 2.24) is 0 Å². The first-order valence-electron chi connectivity index (χ1n) is 10.8. The van der Waals surface area contributed by atoms with Gasteiger partial charge in [0.1, 0.15) is 0 Å². The zero-order valence-corrected chi connectivity index (χ0v) is 19.2. The third kappa shape index (κ3) is 16.0. The van der Waals surface area contributed by atoms with Crippen LogP contribution in [0.4, 0.5) is 4.79 Å². The fourth-order valence-electron chi connectivity index (χ4n) is 3.06. The molecule has 0 spiro atoms. The Bertz CT molecular complexity index is 438. The summed E-state index contributed by atoms with van der Waals surface area (Å²) in [6.07, 6.45) is 19.3. The van der Waals surface area contributed by atoms with E-state index < -0.39 is 20.8 Å². The number of hydrogen-bond acceptors (Lipinski definition) is 6. The summed E-state index contributed by atoms with van der Waals surface area (Å²) >= 11 is 0. The predicted octanol–water partition coefficient (Wildman–Crippen LogP) is 6.31. The minimum absolute atomic E-state index is 0.127. The van der Waals surface area contributed by atoms with Crippen molar-refractivity contribution in [1.29, 1.82) is 0 Å². The van der Waals surface area contributed by atoms with Gasteiger partial charge in [-0.2, -0.15) is 14.7 Å². The van der Waals surface area contributed by atoms with Gasteiger partial charge in [-0.15, -0.1) is 0 Å². The quantitative estimate of drug-likeness (QED) is 0.128. The molecule has 28 heavy (non-hydrogen) atoms. The number of rotatable bonds is 20. The molecule has 168 valence electrons. The molecule has 0 amide bonds. The van der Waals surface area contributed by atoms with Gasteiger partial charge in [-0.1, -0.05) is 103 Å². The van der Waals surface area contributed by atoms with E-state index in [0.29, 0.717) is 6.42 Å². The largest absolute Gasteiger partial charge is 0.492 e. The first-order chi connectivity index (χ1) is 13.2. The summed E-state index contributed by atoms with van der Waals surface area (Å²) < 4.78 is 16.0. The van der Waals surface area contributed by atoms with Crippen LogP contribution < -0.4 is 0 Å². The highest BCUT2D eigenvalue weighted by atomic mass is 31.3. The lowest BCUT2D eigenvalue weighted by molar-refractivity contribution is 0.229. The van der Waals surface area contributed by atoms with Crippen molar-refractivity contribution in [2.45, 2.75) is 110 Å². The number of carbonyl (C=O) groups is 1. The standard InChI is InChI=1S/C19H40O7P2/c1-2-3-4-5-6-7-8-9-10-11-12-13-14-15-16-17-18-26-28(24,25)19(20)27(21,22)23/h21-23H,2-18H2,1H3/p+1. The molecule has 0 aromatic carbocycles. The highest BCUT2D eigenvalue weighted by Gasteiger charge is 2.56. The van der Waals surface area contributed by atoms with Gasteiger partial charge in [0.2, 0.25) is 0 Å². The highest BCUT2D eigenvalue weighted by molar-refractivity contribution is 8.00. The van der Waals surface area contributed by atoms with Gasteiger partial charge in [-0.25, -0.2) is 9.36 Å². The summed E-state index contributed by atoms with van der Waals surface area (Å²) in [5, 5.41) is -1.92. The van der Waals surface area contributed by atoms with Gasteiger partial charge in [-0.05, 0) is 6.42 Å². The van der Waals surface area contributed by atoms with Crippen molar-refractivity contribution in [2.75, 3.05) is 6.61 Å². The van der Waals surface area contributed by atoms with Gasteiger partial charge in [0.15, 0.2) is 0 Å². The molecule has 0 aliphatic carbocycles. The van der Waals surface area contributed by atoms with Gasteiger partial charge in [0.05, 0.1) is 6.61 Å². The smallest absolute Gasteiger partial charge is 0.316 e. The zero-order valence-electron chi connectivity index (χ0n) is 17.4. The van der Waals surface area contributed by atoms with Crippen molar-refractivity contribution in [2.24, 2.45) is 0 Å². The lowest BCUT2D eigenvalue weighted by Crippen LogP contribution is -2.07. The van der Waals surface area contributed by atoms with Gasteiger partial charge in [0, 0.05) is 0 Å². The molecule has 0 aromatic rings. The summed E-state index contributed by atoms with van der Waals surface area (Å²) in [7, 11) is -9.83. The zero-order chi connectivity index (χ0) is 21.3. The van der Waals surface area contributed by atoms with E-state index in [9.17, 15) is 14.3 Å². The van der Waals surface area contributed by atoms with Crippen LogP contribution in [0.2, 0.25) is 0 Å². The third-order valence-corrected chi connectivity index (χ3v) is 7.86. The molecule has 0 heterocycles. The molecule has 0 saturated heterocycles. The van der Waals surface area contributed by atoms with Crippen LogP contribution in [0.3, 0.4) is 0 Å². The Morgan fingerprint density at radius 1 is 0.714 bits per heavy atom. The summed E-state index contributed by atoms with van der Waals surface area (Å²) in [6, 6.07) is 0. The monoisotopic (exact) mass is 443 g/mol. The molecule has 0 aromatic heterocycles. The summed E-state index contributed by atoms with van der Waals surface area (Å²) in [5.41, 5.74) is 0. The van der Waals surface area contributed by atoms with Gasteiger partial charge >= 0.3 is 20.8 Å². The Morgan fingerprint density at radius 3 is 1.36 bits per heavy atom. The van der Waals surface area contributed by atoms with Gasteiger partial charge < -0.3 is 9.42 Å². The second kappa shape index (κ2) is 16.9. The first kappa shape index (κ1) is 28.1. The normalized spacial score (nSPS) is 14.2. The van der Waals surface area contributed by atoms with Crippen molar-refractivity contribution in [3.63, 3.8) is 0 Å². The van der Waals surface area contributed by atoms with Gasteiger partial charge in [0.25, 0.3) is 0 Å². The Kier molecular flexibility index (Phi) is 17.0. The van der Waals surface area contributed by atoms with Crippen LogP contribution in [0, 0.1) is 0 Å². The average molecular weight is 443 g/mol. The molecular formula is C19H41O7P2+. The summed E-state index contributed by atoms with van der Waals surface area (Å²) in [5.74, 6) is 0. The van der Waals surface area contributed by atoms with E-state index in [-0.39, 0.29) is 6.61 Å². The van der Waals surface area contributed by atoms with Crippen molar-refractivity contribution in [3.05, 3.63) is 0 Å². The lowest BCUT2D eigenvalue weighted by Gasteiger charge is -2.09. The molecule has 0 rings (SSSR count). The van der Waals surface area contributed by atoms with Crippen LogP contribution in [0.5, 0.6) is 0 Å². The molecule has 0 fully saturated rings. The Morgan fingerprint density at radius 2 is 1.04 bits per heavy atom. The van der Waals surface area contributed by atoms with E-state index in [4.69, 9.17) is 14.7 Å². The molecule has 4 N–H and O–H groups in total. The fourth-order valence-corrected chi connectivity index (χ4v) is 5.08. The van der Waals surface area contributed by atoms with E-state index in [2.05, 4.69) is 11.4 Å². The van der Waals surface area contributed by atoms with E-state index >= 15 is 0 Å². The van der Waals surface area contributed by atoms with Crippen LogP contribution in [-0.4, -0.2) is 31.4 Å². The van der Waals surface area contributed by atoms with Crippen LogP contribution in [-0.2, 0) is 9.09 Å². The molecule has 0 bridgehead atoms. The molecule has 1 unspecified atom stereocenters. The van der Waals surface area contributed by atoms with Crippen LogP contribution in [0.25, 0.3) is 0 Å². The molecule has 0 aliphatic rings. The van der Waals surface area contributed by atoms with Crippen molar-refractivity contribution in [3.8, 4) is 0 Å². The minimum Gasteiger partial charge on any atom is -0.316 e.